The maximum Gasteiger partial charge on any atom is 0.292 e. The fourth-order valence-electron chi connectivity index (χ4n) is 2.68. The molecule has 1 unspecified atom stereocenters. The number of thiazole rings is 1. The monoisotopic (exact) mass is 428 g/mol. The van der Waals surface area contributed by atoms with Crippen LogP contribution in [0.2, 0.25) is 0 Å². The zero-order valence-corrected chi connectivity index (χ0v) is 15.9. The molecular formula is C19H13BrN2O3S. The Labute approximate surface area is 162 Å². The number of amides is 1. The molecule has 0 radical (unpaired) electrons. The summed E-state index contributed by atoms with van der Waals surface area (Å²) in [5.74, 6) is 3.40. The zero-order chi connectivity index (χ0) is 18.1. The molecule has 0 fully saturated rings. The minimum absolute atomic E-state index is 0.130. The average molecular weight is 429 g/mol. The summed E-state index contributed by atoms with van der Waals surface area (Å²) in [6.07, 6.45) is 4.71. The molecule has 26 heavy (non-hydrogen) atoms. The van der Waals surface area contributed by atoms with Gasteiger partial charge in [0.15, 0.2) is 16.3 Å². The van der Waals surface area contributed by atoms with Crippen LogP contribution in [0.1, 0.15) is 0 Å². The van der Waals surface area contributed by atoms with Crippen molar-refractivity contribution in [2.75, 3.05) is 6.61 Å². The van der Waals surface area contributed by atoms with Crippen molar-refractivity contribution >= 4 is 43.4 Å². The predicted octanol–water partition coefficient (Wildman–Crippen LogP) is 3.37. The summed E-state index contributed by atoms with van der Waals surface area (Å²) in [6, 6.07) is 13.1. The number of benzene rings is 2. The molecule has 0 saturated carbocycles. The molecule has 2 aromatic carbocycles. The van der Waals surface area contributed by atoms with Gasteiger partial charge in [0, 0.05) is 4.47 Å². The van der Waals surface area contributed by atoms with Crippen LogP contribution in [0, 0.1) is 12.3 Å². The van der Waals surface area contributed by atoms with Crippen LogP contribution in [-0.4, -0.2) is 23.2 Å². The van der Waals surface area contributed by atoms with Crippen molar-refractivity contribution in [1.82, 2.24) is 4.57 Å². The van der Waals surface area contributed by atoms with E-state index in [1.807, 2.05) is 34.9 Å². The molecule has 1 aliphatic rings. The van der Waals surface area contributed by atoms with Crippen LogP contribution in [-0.2, 0) is 11.3 Å². The van der Waals surface area contributed by atoms with E-state index in [9.17, 15) is 4.79 Å². The number of para-hydroxylation sites is 2. The van der Waals surface area contributed by atoms with Crippen molar-refractivity contribution in [3.8, 4) is 23.8 Å². The first kappa shape index (κ1) is 16.9. The van der Waals surface area contributed by atoms with Gasteiger partial charge in [-0.15, -0.1) is 6.42 Å². The quantitative estimate of drug-likeness (QED) is 0.588. The topological polar surface area (TPSA) is 52.8 Å². The largest absolute Gasteiger partial charge is 0.485 e. The Bertz CT molecular complexity index is 1110. The number of carbonyl (C=O) groups is 1. The highest BCUT2D eigenvalue weighted by atomic mass is 79.9. The molecule has 130 valence electrons. The third-order valence-corrected chi connectivity index (χ3v) is 5.42. The lowest BCUT2D eigenvalue weighted by molar-refractivity contribution is -0.127. The van der Waals surface area contributed by atoms with E-state index in [2.05, 4.69) is 26.8 Å². The Hall–Kier alpha value is -2.56. The Kier molecular flexibility index (Phi) is 4.53. The van der Waals surface area contributed by atoms with Gasteiger partial charge in [-0.05, 0) is 30.3 Å². The molecule has 1 aliphatic heterocycles. The first-order valence-electron chi connectivity index (χ1n) is 7.85. The number of rotatable bonds is 2. The van der Waals surface area contributed by atoms with Gasteiger partial charge < -0.3 is 14.0 Å². The Morgan fingerprint density at radius 1 is 1.35 bits per heavy atom. The van der Waals surface area contributed by atoms with Gasteiger partial charge in [0.25, 0.3) is 5.91 Å². The maximum absolute atomic E-state index is 12.6. The van der Waals surface area contributed by atoms with Gasteiger partial charge in [0.2, 0.25) is 6.10 Å². The van der Waals surface area contributed by atoms with Crippen LogP contribution in [0.3, 0.4) is 0 Å². The third-order valence-electron chi connectivity index (χ3n) is 3.88. The second-order valence-electron chi connectivity index (χ2n) is 5.60. The maximum atomic E-state index is 12.6. The molecule has 0 saturated heterocycles. The zero-order valence-electron chi connectivity index (χ0n) is 13.5. The van der Waals surface area contributed by atoms with Crippen LogP contribution < -0.4 is 14.3 Å². The minimum atomic E-state index is -0.777. The van der Waals surface area contributed by atoms with Crippen LogP contribution in [0.15, 0.2) is 51.9 Å². The molecule has 4 rings (SSSR count). The summed E-state index contributed by atoms with van der Waals surface area (Å²) >= 11 is 4.87. The van der Waals surface area contributed by atoms with Gasteiger partial charge in [0.1, 0.15) is 6.61 Å². The van der Waals surface area contributed by atoms with E-state index in [0.29, 0.717) is 22.8 Å². The van der Waals surface area contributed by atoms with Crippen molar-refractivity contribution in [3.63, 3.8) is 0 Å². The van der Waals surface area contributed by atoms with E-state index in [-0.39, 0.29) is 6.61 Å². The number of fused-ring (bicyclic) bond motifs is 2. The molecule has 0 spiro atoms. The minimum Gasteiger partial charge on any atom is -0.485 e. The molecular weight excluding hydrogens is 416 g/mol. The second-order valence-corrected chi connectivity index (χ2v) is 7.53. The summed E-state index contributed by atoms with van der Waals surface area (Å²) in [6.45, 7) is 0.462. The van der Waals surface area contributed by atoms with Gasteiger partial charge in [-0.3, -0.25) is 4.79 Å². The highest BCUT2D eigenvalue weighted by Gasteiger charge is 2.27. The molecule has 1 aromatic heterocycles. The van der Waals surface area contributed by atoms with Gasteiger partial charge >= 0.3 is 0 Å². The lowest BCUT2D eigenvalue weighted by atomic mass is 10.2. The van der Waals surface area contributed by atoms with Crippen LogP contribution in [0.5, 0.6) is 11.5 Å². The highest BCUT2D eigenvalue weighted by molar-refractivity contribution is 9.10. The first-order chi connectivity index (χ1) is 12.7. The summed E-state index contributed by atoms with van der Waals surface area (Å²) in [5.41, 5.74) is 0.939. The van der Waals surface area contributed by atoms with Crippen molar-refractivity contribution in [2.45, 2.75) is 12.6 Å². The molecule has 0 aliphatic carbocycles. The number of halogens is 1. The van der Waals surface area contributed by atoms with E-state index in [1.165, 1.54) is 11.3 Å². The molecule has 1 atom stereocenters. The van der Waals surface area contributed by atoms with Crippen molar-refractivity contribution in [2.24, 2.45) is 4.99 Å². The van der Waals surface area contributed by atoms with Crippen molar-refractivity contribution < 1.29 is 14.3 Å². The fraction of sp³-hybridized carbons (Fsp3) is 0.158. The van der Waals surface area contributed by atoms with Crippen molar-refractivity contribution in [3.05, 3.63) is 51.7 Å². The number of aromatic nitrogens is 1. The number of nitrogens with zero attached hydrogens (tertiary/aromatic N) is 2. The second kappa shape index (κ2) is 6.98. The SMILES string of the molecule is C#CCn1c(=NC(=O)C2COc3ccccc3O2)sc2cc(Br)ccc21. The van der Waals surface area contributed by atoms with Crippen molar-refractivity contribution in [1.29, 1.82) is 0 Å². The molecule has 0 bridgehead atoms. The first-order valence-corrected chi connectivity index (χ1v) is 9.46. The Morgan fingerprint density at radius 3 is 2.96 bits per heavy atom. The summed E-state index contributed by atoms with van der Waals surface area (Å²) in [5, 5.41) is 0. The predicted molar refractivity (Wildman–Crippen MR) is 103 cm³/mol. The summed E-state index contributed by atoms with van der Waals surface area (Å²) < 4.78 is 15.1. The van der Waals surface area contributed by atoms with Gasteiger partial charge in [-0.25, -0.2) is 0 Å². The molecule has 2 heterocycles. The molecule has 5 nitrogen and oxygen atoms in total. The standard InChI is InChI=1S/C19H13BrN2O3S/c1-2-9-22-13-8-7-12(20)10-17(13)26-19(22)21-18(23)16-11-24-14-5-3-4-6-15(14)25-16/h1,3-8,10,16H,9,11H2. The van der Waals surface area contributed by atoms with Crippen LogP contribution in [0.4, 0.5) is 0 Å². The summed E-state index contributed by atoms with van der Waals surface area (Å²) in [7, 11) is 0. The molecule has 7 heteroatoms. The van der Waals surface area contributed by atoms with Gasteiger partial charge in [0.05, 0.1) is 16.8 Å². The van der Waals surface area contributed by atoms with Crippen LogP contribution >= 0.6 is 27.3 Å². The fourth-order valence-corrected chi connectivity index (χ4v) is 4.27. The Morgan fingerprint density at radius 2 is 2.15 bits per heavy atom. The smallest absolute Gasteiger partial charge is 0.292 e. The number of carbonyl (C=O) groups excluding carboxylic acids is 1. The number of ether oxygens (including phenoxy) is 2. The van der Waals surface area contributed by atoms with E-state index in [0.717, 1.165) is 14.7 Å². The molecule has 0 N–H and O–H groups in total. The van der Waals surface area contributed by atoms with E-state index in [4.69, 9.17) is 15.9 Å². The number of terminal acetylenes is 1. The summed E-state index contributed by atoms with van der Waals surface area (Å²) in [4.78, 5) is 17.5. The van der Waals surface area contributed by atoms with Gasteiger partial charge in [-0.2, -0.15) is 4.99 Å². The van der Waals surface area contributed by atoms with E-state index >= 15 is 0 Å². The highest BCUT2D eigenvalue weighted by Crippen LogP contribution is 2.31. The average Bonchev–Trinajstić information content (AvgIpc) is 2.98. The van der Waals surface area contributed by atoms with Crippen LogP contribution in [0.25, 0.3) is 10.2 Å². The van der Waals surface area contributed by atoms with E-state index in [1.54, 1.807) is 12.1 Å². The van der Waals surface area contributed by atoms with Gasteiger partial charge in [-0.1, -0.05) is 45.3 Å². The lowest BCUT2D eigenvalue weighted by Crippen LogP contribution is -2.36. The number of hydrogen-bond donors (Lipinski definition) is 0. The molecule has 1 amide bonds. The molecule has 3 aromatic rings. The normalized spacial score (nSPS) is 16.5. The van der Waals surface area contributed by atoms with E-state index < -0.39 is 12.0 Å². The third kappa shape index (κ3) is 3.14. The Balaban J connectivity index is 1.71. The lowest BCUT2D eigenvalue weighted by Gasteiger charge is -2.23. The number of hydrogen-bond acceptors (Lipinski definition) is 4.